The van der Waals surface area contributed by atoms with Crippen LogP contribution in [-0.2, 0) is 11.2 Å². The van der Waals surface area contributed by atoms with E-state index in [9.17, 15) is 4.79 Å². The number of carbonyl (C=O) groups is 1. The Hall–Kier alpha value is -1.59. The second kappa shape index (κ2) is 8.49. The van der Waals surface area contributed by atoms with Crippen LogP contribution in [0.2, 0.25) is 0 Å². The summed E-state index contributed by atoms with van der Waals surface area (Å²) in [4.78, 5) is 17.3. The Morgan fingerprint density at radius 1 is 1.25 bits per heavy atom. The van der Waals surface area contributed by atoms with Crippen LogP contribution in [0.5, 0.6) is 5.75 Å². The van der Waals surface area contributed by atoms with E-state index in [0.717, 1.165) is 69.8 Å². The van der Waals surface area contributed by atoms with E-state index in [1.165, 1.54) is 0 Å². The van der Waals surface area contributed by atoms with Crippen LogP contribution in [0.1, 0.15) is 18.4 Å². The summed E-state index contributed by atoms with van der Waals surface area (Å²) in [6.07, 6.45) is 2.59. The lowest BCUT2D eigenvalue weighted by atomic mass is 9.96. The van der Waals surface area contributed by atoms with E-state index in [1.54, 1.807) is 0 Å². The van der Waals surface area contributed by atoms with Gasteiger partial charge in [0.2, 0.25) is 5.91 Å². The Balaban J connectivity index is 1.39. The molecule has 1 aromatic carbocycles. The minimum absolute atomic E-state index is 0.0253. The number of hydrogen-bond donors (Lipinski definition) is 1. The minimum Gasteiger partial charge on any atom is -0.493 e. The highest BCUT2D eigenvalue weighted by atomic mass is 16.5. The molecule has 1 N–H and O–H groups in total. The molecule has 2 aliphatic heterocycles. The van der Waals surface area contributed by atoms with Gasteiger partial charge in [0, 0.05) is 38.6 Å². The van der Waals surface area contributed by atoms with Crippen molar-refractivity contribution in [3.63, 3.8) is 0 Å². The number of carbonyl (C=O) groups excluding carboxylic acids is 1. The highest BCUT2D eigenvalue weighted by Crippen LogP contribution is 2.26. The second-order valence-electron chi connectivity index (χ2n) is 6.94. The topological polar surface area (TPSA) is 44.8 Å². The summed E-state index contributed by atoms with van der Waals surface area (Å²) in [6, 6.07) is 8.05. The van der Waals surface area contributed by atoms with Gasteiger partial charge in [-0.1, -0.05) is 18.2 Å². The third-order valence-electron chi connectivity index (χ3n) is 5.08. The molecule has 0 aliphatic carbocycles. The van der Waals surface area contributed by atoms with Gasteiger partial charge in [0.05, 0.1) is 6.61 Å². The Morgan fingerprint density at radius 3 is 2.88 bits per heavy atom. The van der Waals surface area contributed by atoms with Crippen LogP contribution in [0.25, 0.3) is 0 Å². The fraction of sp³-hybridized carbons (Fsp3) is 0.632. The van der Waals surface area contributed by atoms with Crippen LogP contribution in [0.3, 0.4) is 0 Å². The van der Waals surface area contributed by atoms with Gasteiger partial charge in [-0.05, 0) is 44.5 Å². The van der Waals surface area contributed by atoms with E-state index in [-0.39, 0.29) is 11.8 Å². The molecule has 1 amide bonds. The highest BCUT2D eigenvalue weighted by Gasteiger charge is 2.23. The number of rotatable bonds is 5. The molecule has 1 saturated heterocycles. The van der Waals surface area contributed by atoms with Crippen molar-refractivity contribution in [1.29, 1.82) is 0 Å². The standard InChI is InChI=1S/C19H29N3O2/c1-21-10-12-22(13-11-21)9-4-8-20-19(23)17-7-14-24-18-6-3-2-5-16(18)15-17/h2-3,5-6,17H,4,7-15H2,1H3,(H,20,23)/t17-/m0/s1. The molecular weight excluding hydrogens is 302 g/mol. The third-order valence-corrected chi connectivity index (χ3v) is 5.08. The Morgan fingerprint density at radius 2 is 2.04 bits per heavy atom. The predicted octanol–water partition coefficient (Wildman–Crippen LogP) is 1.38. The zero-order valence-corrected chi connectivity index (χ0v) is 14.7. The summed E-state index contributed by atoms with van der Waals surface area (Å²) in [5.74, 6) is 1.13. The summed E-state index contributed by atoms with van der Waals surface area (Å²) in [6.45, 7) is 7.04. The van der Waals surface area contributed by atoms with Gasteiger partial charge in [0.25, 0.3) is 0 Å². The molecular formula is C19H29N3O2. The second-order valence-corrected chi connectivity index (χ2v) is 6.94. The SMILES string of the molecule is CN1CCN(CCCNC(=O)[C@H]2CCOc3ccccc3C2)CC1. The lowest BCUT2D eigenvalue weighted by molar-refractivity contribution is -0.125. The molecule has 3 rings (SSSR count). The first-order chi connectivity index (χ1) is 11.7. The van der Waals surface area contributed by atoms with Crippen molar-refractivity contribution in [1.82, 2.24) is 15.1 Å². The maximum absolute atomic E-state index is 12.5. The number of ether oxygens (including phenoxy) is 1. The summed E-state index contributed by atoms with van der Waals surface area (Å²) in [5, 5.41) is 3.13. The van der Waals surface area contributed by atoms with E-state index in [4.69, 9.17) is 4.74 Å². The molecule has 5 nitrogen and oxygen atoms in total. The van der Waals surface area contributed by atoms with Crippen molar-refractivity contribution in [2.75, 3.05) is 52.9 Å². The van der Waals surface area contributed by atoms with E-state index in [0.29, 0.717) is 6.61 Å². The van der Waals surface area contributed by atoms with Crippen LogP contribution in [0.15, 0.2) is 24.3 Å². The van der Waals surface area contributed by atoms with Crippen LogP contribution >= 0.6 is 0 Å². The van der Waals surface area contributed by atoms with Gasteiger partial charge in [-0.3, -0.25) is 4.79 Å². The van der Waals surface area contributed by atoms with Gasteiger partial charge < -0.3 is 19.9 Å². The first kappa shape index (κ1) is 17.2. The molecule has 0 spiro atoms. The van der Waals surface area contributed by atoms with Crippen molar-refractivity contribution in [2.45, 2.75) is 19.3 Å². The molecule has 132 valence electrons. The summed E-state index contributed by atoms with van der Waals surface area (Å²) in [5.41, 5.74) is 1.15. The van der Waals surface area contributed by atoms with Crippen molar-refractivity contribution in [2.24, 2.45) is 5.92 Å². The van der Waals surface area contributed by atoms with Crippen LogP contribution < -0.4 is 10.1 Å². The smallest absolute Gasteiger partial charge is 0.223 e. The molecule has 0 saturated carbocycles. The molecule has 0 aromatic heterocycles. The molecule has 2 heterocycles. The molecule has 0 unspecified atom stereocenters. The van der Waals surface area contributed by atoms with Gasteiger partial charge in [-0.15, -0.1) is 0 Å². The quantitative estimate of drug-likeness (QED) is 0.828. The Bertz CT molecular complexity index is 541. The van der Waals surface area contributed by atoms with Gasteiger partial charge in [-0.2, -0.15) is 0 Å². The van der Waals surface area contributed by atoms with Crippen LogP contribution in [0, 0.1) is 5.92 Å². The minimum atomic E-state index is 0.0253. The lowest BCUT2D eigenvalue weighted by Crippen LogP contribution is -2.45. The molecule has 0 bridgehead atoms. The largest absolute Gasteiger partial charge is 0.493 e. The number of para-hydroxylation sites is 1. The molecule has 1 aromatic rings. The van der Waals surface area contributed by atoms with Crippen LogP contribution in [-0.4, -0.2) is 68.6 Å². The molecule has 1 atom stereocenters. The fourth-order valence-electron chi connectivity index (χ4n) is 3.45. The van der Waals surface area contributed by atoms with E-state index in [2.05, 4.69) is 28.2 Å². The van der Waals surface area contributed by atoms with Crippen molar-refractivity contribution < 1.29 is 9.53 Å². The number of likely N-dealkylation sites (N-methyl/N-ethyl adjacent to an activating group) is 1. The summed E-state index contributed by atoms with van der Waals surface area (Å²) < 4.78 is 5.75. The average molecular weight is 331 g/mol. The molecule has 5 heteroatoms. The zero-order chi connectivity index (χ0) is 16.8. The first-order valence-electron chi connectivity index (χ1n) is 9.11. The average Bonchev–Trinajstić information content (AvgIpc) is 2.82. The summed E-state index contributed by atoms with van der Waals surface area (Å²) in [7, 11) is 2.17. The Labute approximate surface area is 145 Å². The van der Waals surface area contributed by atoms with Crippen molar-refractivity contribution in [3.05, 3.63) is 29.8 Å². The van der Waals surface area contributed by atoms with Gasteiger partial charge in [0.1, 0.15) is 5.75 Å². The molecule has 24 heavy (non-hydrogen) atoms. The molecule has 0 radical (unpaired) electrons. The normalized spacial score (nSPS) is 22.3. The fourth-order valence-corrected chi connectivity index (χ4v) is 3.45. The Kier molecular flexibility index (Phi) is 6.10. The number of benzene rings is 1. The van der Waals surface area contributed by atoms with Gasteiger partial charge in [0.15, 0.2) is 0 Å². The number of nitrogens with zero attached hydrogens (tertiary/aromatic N) is 2. The number of piperazine rings is 1. The maximum atomic E-state index is 12.5. The number of hydrogen-bond acceptors (Lipinski definition) is 4. The van der Waals surface area contributed by atoms with Gasteiger partial charge >= 0.3 is 0 Å². The maximum Gasteiger partial charge on any atom is 0.223 e. The van der Waals surface area contributed by atoms with Crippen molar-refractivity contribution in [3.8, 4) is 5.75 Å². The van der Waals surface area contributed by atoms with E-state index < -0.39 is 0 Å². The van der Waals surface area contributed by atoms with E-state index >= 15 is 0 Å². The van der Waals surface area contributed by atoms with Crippen LogP contribution in [0.4, 0.5) is 0 Å². The number of amides is 1. The first-order valence-corrected chi connectivity index (χ1v) is 9.11. The highest BCUT2D eigenvalue weighted by molar-refractivity contribution is 5.79. The predicted molar refractivity (Wildman–Crippen MR) is 95.3 cm³/mol. The molecule has 2 aliphatic rings. The third kappa shape index (κ3) is 4.71. The number of nitrogens with one attached hydrogen (secondary N) is 1. The lowest BCUT2D eigenvalue weighted by Gasteiger charge is -2.32. The van der Waals surface area contributed by atoms with E-state index in [1.807, 2.05) is 18.2 Å². The summed E-state index contributed by atoms with van der Waals surface area (Å²) >= 11 is 0. The monoisotopic (exact) mass is 331 g/mol. The molecule has 1 fully saturated rings. The number of fused-ring (bicyclic) bond motifs is 1. The zero-order valence-electron chi connectivity index (χ0n) is 14.7. The van der Waals surface area contributed by atoms with Gasteiger partial charge in [-0.25, -0.2) is 0 Å². The van der Waals surface area contributed by atoms with Crippen molar-refractivity contribution >= 4 is 5.91 Å².